The molecule has 110 valence electrons. The Balaban J connectivity index is 1.77. The zero-order valence-corrected chi connectivity index (χ0v) is 12.2. The molecule has 20 heavy (non-hydrogen) atoms. The first-order valence-electron chi connectivity index (χ1n) is 7.39. The number of para-hydroxylation sites is 2. The third-order valence-electron chi connectivity index (χ3n) is 4.35. The molecule has 0 saturated heterocycles. The standard InChI is InChI=1S/C16H24N2O2/c1-2-16(9-5-6-10-16)12-18-15(19)11-20-14-8-4-3-7-13(14)17/h3-4,7-8H,2,5-6,9-12,17H2,1H3,(H,18,19). The van der Waals surface area contributed by atoms with Crippen molar-refractivity contribution in [3.63, 3.8) is 0 Å². The van der Waals surface area contributed by atoms with Gasteiger partial charge in [-0.05, 0) is 36.8 Å². The molecule has 1 aromatic rings. The summed E-state index contributed by atoms with van der Waals surface area (Å²) in [4.78, 5) is 11.9. The summed E-state index contributed by atoms with van der Waals surface area (Å²) in [6.45, 7) is 2.99. The molecule has 4 heteroatoms. The summed E-state index contributed by atoms with van der Waals surface area (Å²) >= 11 is 0. The highest BCUT2D eigenvalue weighted by molar-refractivity contribution is 5.77. The number of rotatable bonds is 6. The largest absolute Gasteiger partial charge is 0.482 e. The van der Waals surface area contributed by atoms with E-state index in [0.29, 0.717) is 16.9 Å². The van der Waals surface area contributed by atoms with E-state index < -0.39 is 0 Å². The van der Waals surface area contributed by atoms with E-state index in [4.69, 9.17) is 10.5 Å². The van der Waals surface area contributed by atoms with Gasteiger partial charge in [-0.1, -0.05) is 31.9 Å². The maximum atomic E-state index is 11.9. The normalized spacial score (nSPS) is 16.9. The van der Waals surface area contributed by atoms with Crippen LogP contribution in [0, 0.1) is 5.41 Å². The molecule has 3 N–H and O–H groups in total. The summed E-state index contributed by atoms with van der Waals surface area (Å²) in [6.07, 6.45) is 6.12. The second-order valence-electron chi connectivity index (χ2n) is 5.66. The SMILES string of the molecule is CCC1(CNC(=O)COc2ccccc2N)CCCC1. The van der Waals surface area contributed by atoms with Gasteiger partial charge in [-0.3, -0.25) is 4.79 Å². The molecule has 2 rings (SSSR count). The number of nitrogens with two attached hydrogens (primary N) is 1. The number of nitrogens with one attached hydrogen (secondary N) is 1. The van der Waals surface area contributed by atoms with Gasteiger partial charge in [0.05, 0.1) is 5.69 Å². The zero-order valence-electron chi connectivity index (χ0n) is 12.2. The molecule has 0 bridgehead atoms. The van der Waals surface area contributed by atoms with Gasteiger partial charge in [0.2, 0.25) is 0 Å². The lowest BCUT2D eigenvalue weighted by atomic mass is 9.83. The van der Waals surface area contributed by atoms with E-state index in [0.717, 1.165) is 13.0 Å². The summed E-state index contributed by atoms with van der Waals surface area (Å²) in [5.41, 5.74) is 6.63. The van der Waals surface area contributed by atoms with Gasteiger partial charge in [-0.15, -0.1) is 0 Å². The third-order valence-corrected chi connectivity index (χ3v) is 4.35. The maximum Gasteiger partial charge on any atom is 0.257 e. The smallest absolute Gasteiger partial charge is 0.257 e. The van der Waals surface area contributed by atoms with Gasteiger partial charge in [0.25, 0.3) is 5.91 Å². The van der Waals surface area contributed by atoms with Crippen molar-refractivity contribution in [2.45, 2.75) is 39.0 Å². The quantitative estimate of drug-likeness (QED) is 0.785. The summed E-state index contributed by atoms with van der Waals surface area (Å²) in [7, 11) is 0. The van der Waals surface area contributed by atoms with Crippen molar-refractivity contribution >= 4 is 11.6 Å². The van der Waals surface area contributed by atoms with Crippen LogP contribution in [0.1, 0.15) is 39.0 Å². The van der Waals surface area contributed by atoms with Gasteiger partial charge >= 0.3 is 0 Å². The Labute approximate surface area is 120 Å². The molecule has 0 unspecified atom stereocenters. The monoisotopic (exact) mass is 276 g/mol. The number of carbonyl (C=O) groups is 1. The van der Waals surface area contributed by atoms with Crippen LogP contribution in [0.5, 0.6) is 5.75 Å². The Morgan fingerprint density at radius 2 is 2.05 bits per heavy atom. The van der Waals surface area contributed by atoms with Crippen molar-refractivity contribution in [2.75, 3.05) is 18.9 Å². The Morgan fingerprint density at radius 1 is 1.35 bits per heavy atom. The van der Waals surface area contributed by atoms with Crippen LogP contribution in [0.2, 0.25) is 0 Å². The number of ether oxygens (including phenoxy) is 1. The Morgan fingerprint density at radius 3 is 2.70 bits per heavy atom. The lowest BCUT2D eigenvalue weighted by Gasteiger charge is -2.27. The molecule has 1 aromatic carbocycles. The van der Waals surface area contributed by atoms with Crippen LogP contribution in [0.25, 0.3) is 0 Å². The first-order chi connectivity index (χ1) is 9.65. The highest BCUT2D eigenvalue weighted by Gasteiger charge is 2.32. The van der Waals surface area contributed by atoms with Crippen molar-refractivity contribution in [3.8, 4) is 5.75 Å². The van der Waals surface area contributed by atoms with E-state index >= 15 is 0 Å². The van der Waals surface area contributed by atoms with Crippen LogP contribution in [0.4, 0.5) is 5.69 Å². The third kappa shape index (κ3) is 3.65. The molecule has 0 aromatic heterocycles. The second kappa shape index (κ2) is 6.64. The molecule has 1 fully saturated rings. The lowest BCUT2D eigenvalue weighted by molar-refractivity contribution is -0.123. The minimum absolute atomic E-state index is 0.0218. The molecular weight excluding hydrogens is 252 g/mol. The lowest BCUT2D eigenvalue weighted by Crippen LogP contribution is -2.38. The number of carbonyl (C=O) groups excluding carboxylic acids is 1. The van der Waals surface area contributed by atoms with E-state index in [-0.39, 0.29) is 12.5 Å². The van der Waals surface area contributed by atoms with Crippen LogP contribution in [0.15, 0.2) is 24.3 Å². The Bertz CT molecular complexity index is 454. The van der Waals surface area contributed by atoms with Crippen LogP contribution in [0.3, 0.4) is 0 Å². The molecule has 1 amide bonds. The van der Waals surface area contributed by atoms with Crippen LogP contribution in [-0.2, 0) is 4.79 Å². The summed E-state index contributed by atoms with van der Waals surface area (Å²) < 4.78 is 5.44. The van der Waals surface area contributed by atoms with Crippen LogP contribution >= 0.6 is 0 Å². The predicted molar refractivity (Wildman–Crippen MR) is 80.6 cm³/mol. The van der Waals surface area contributed by atoms with Gasteiger partial charge in [0.1, 0.15) is 5.75 Å². The second-order valence-corrected chi connectivity index (χ2v) is 5.66. The maximum absolute atomic E-state index is 11.9. The molecule has 1 aliphatic rings. The van der Waals surface area contributed by atoms with E-state index in [1.54, 1.807) is 12.1 Å². The summed E-state index contributed by atoms with van der Waals surface area (Å²) in [5, 5.41) is 3.00. The van der Waals surface area contributed by atoms with Gasteiger partial charge in [-0.25, -0.2) is 0 Å². The van der Waals surface area contributed by atoms with Crippen molar-refractivity contribution in [3.05, 3.63) is 24.3 Å². The first kappa shape index (κ1) is 14.7. The molecule has 0 aliphatic heterocycles. The van der Waals surface area contributed by atoms with Gasteiger partial charge in [0.15, 0.2) is 6.61 Å². The minimum atomic E-state index is -0.0759. The highest BCUT2D eigenvalue weighted by atomic mass is 16.5. The number of hydrogen-bond donors (Lipinski definition) is 2. The number of anilines is 1. The fourth-order valence-corrected chi connectivity index (χ4v) is 2.87. The predicted octanol–water partition coefficient (Wildman–Crippen LogP) is 2.73. The molecule has 0 atom stereocenters. The molecule has 0 heterocycles. The average Bonchev–Trinajstić information content (AvgIpc) is 2.94. The number of nitrogen functional groups attached to an aromatic ring is 1. The fraction of sp³-hybridized carbons (Fsp3) is 0.562. The highest BCUT2D eigenvalue weighted by Crippen LogP contribution is 2.40. The molecule has 0 spiro atoms. The summed E-state index contributed by atoms with van der Waals surface area (Å²) in [5.74, 6) is 0.488. The Hall–Kier alpha value is -1.71. The molecule has 1 saturated carbocycles. The molecule has 4 nitrogen and oxygen atoms in total. The molecular formula is C16H24N2O2. The van der Waals surface area contributed by atoms with E-state index in [1.165, 1.54) is 25.7 Å². The van der Waals surface area contributed by atoms with Crippen molar-refractivity contribution < 1.29 is 9.53 Å². The summed E-state index contributed by atoms with van der Waals surface area (Å²) in [6, 6.07) is 7.21. The topological polar surface area (TPSA) is 64.3 Å². The van der Waals surface area contributed by atoms with E-state index in [1.807, 2.05) is 12.1 Å². The molecule has 0 radical (unpaired) electrons. The first-order valence-corrected chi connectivity index (χ1v) is 7.39. The number of hydrogen-bond acceptors (Lipinski definition) is 3. The molecule has 1 aliphatic carbocycles. The average molecular weight is 276 g/mol. The van der Waals surface area contributed by atoms with E-state index in [9.17, 15) is 4.79 Å². The van der Waals surface area contributed by atoms with Crippen LogP contribution in [-0.4, -0.2) is 19.1 Å². The van der Waals surface area contributed by atoms with Crippen LogP contribution < -0.4 is 15.8 Å². The van der Waals surface area contributed by atoms with E-state index in [2.05, 4.69) is 12.2 Å². The van der Waals surface area contributed by atoms with Crippen molar-refractivity contribution in [1.29, 1.82) is 0 Å². The van der Waals surface area contributed by atoms with Gasteiger partial charge in [0, 0.05) is 6.54 Å². The Kier molecular flexibility index (Phi) is 4.88. The fourth-order valence-electron chi connectivity index (χ4n) is 2.87. The van der Waals surface area contributed by atoms with Crippen molar-refractivity contribution in [2.24, 2.45) is 5.41 Å². The minimum Gasteiger partial charge on any atom is -0.482 e. The van der Waals surface area contributed by atoms with Crippen molar-refractivity contribution in [1.82, 2.24) is 5.32 Å². The number of amides is 1. The van der Waals surface area contributed by atoms with Gasteiger partial charge in [-0.2, -0.15) is 0 Å². The zero-order chi connectivity index (χ0) is 14.4. The number of benzene rings is 1. The van der Waals surface area contributed by atoms with Gasteiger partial charge < -0.3 is 15.8 Å².